The third kappa shape index (κ3) is 5.28. The Morgan fingerprint density at radius 3 is 2.69 bits per heavy atom. The number of nitrogens with one attached hydrogen (secondary N) is 2. The molecule has 0 aromatic rings. The van der Waals surface area contributed by atoms with Gasteiger partial charge in [0.15, 0.2) is 0 Å². The monoisotopic (exact) mass is 228 g/mol. The van der Waals surface area contributed by atoms with Crippen molar-refractivity contribution < 1.29 is 4.74 Å². The Hall–Kier alpha value is -0.120. The summed E-state index contributed by atoms with van der Waals surface area (Å²) >= 11 is 0. The summed E-state index contributed by atoms with van der Waals surface area (Å²) in [6.07, 6.45) is 5.28. The fourth-order valence-corrected chi connectivity index (χ4v) is 1.98. The van der Waals surface area contributed by atoms with E-state index in [0.29, 0.717) is 6.04 Å². The van der Waals surface area contributed by atoms with Crippen molar-refractivity contribution >= 4 is 0 Å². The molecule has 1 rings (SSSR count). The predicted octanol–water partition coefficient (Wildman–Crippen LogP) is 1.92. The van der Waals surface area contributed by atoms with Crippen LogP contribution in [0.4, 0.5) is 0 Å². The Kier molecular flexibility index (Phi) is 6.32. The summed E-state index contributed by atoms with van der Waals surface area (Å²) in [5.74, 6) is 0. The molecule has 1 unspecified atom stereocenters. The van der Waals surface area contributed by atoms with Crippen molar-refractivity contribution in [1.82, 2.24) is 10.6 Å². The van der Waals surface area contributed by atoms with E-state index < -0.39 is 0 Å². The summed E-state index contributed by atoms with van der Waals surface area (Å²) < 4.78 is 5.82. The number of hydrogen-bond donors (Lipinski definition) is 2. The molecular formula is C13H28N2O. The van der Waals surface area contributed by atoms with Gasteiger partial charge >= 0.3 is 0 Å². The van der Waals surface area contributed by atoms with Gasteiger partial charge < -0.3 is 15.4 Å². The zero-order chi connectivity index (χ0) is 11.9. The molecule has 1 heterocycles. The Balaban J connectivity index is 1.89. The van der Waals surface area contributed by atoms with Gasteiger partial charge in [-0.1, -0.05) is 26.2 Å². The lowest BCUT2D eigenvalue weighted by atomic mass is 10.0. The van der Waals surface area contributed by atoms with Gasteiger partial charge in [-0.2, -0.15) is 0 Å². The lowest BCUT2D eigenvalue weighted by molar-refractivity contribution is -0.0652. The molecule has 1 aliphatic rings. The highest BCUT2D eigenvalue weighted by Gasteiger charge is 2.31. The lowest BCUT2D eigenvalue weighted by Crippen LogP contribution is -2.59. The van der Waals surface area contributed by atoms with Gasteiger partial charge in [-0.05, 0) is 20.3 Å². The van der Waals surface area contributed by atoms with Crippen LogP contribution in [0.1, 0.15) is 46.5 Å². The van der Waals surface area contributed by atoms with Crippen LogP contribution in [0.2, 0.25) is 0 Å². The third-order valence-electron chi connectivity index (χ3n) is 3.28. The van der Waals surface area contributed by atoms with Crippen molar-refractivity contribution in [2.75, 3.05) is 26.2 Å². The molecule has 1 fully saturated rings. The summed E-state index contributed by atoms with van der Waals surface area (Å²) in [7, 11) is 0. The highest BCUT2D eigenvalue weighted by molar-refractivity contribution is 4.90. The first-order valence-corrected chi connectivity index (χ1v) is 6.74. The minimum Gasteiger partial charge on any atom is -0.371 e. The standard InChI is InChI=1S/C13H28N2O/c1-4-5-6-7-12(2)15-8-9-16-13(3)10-14-11-13/h12,14-15H,4-11H2,1-3H3. The van der Waals surface area contributed by atoms with E-state index in [9.17, 15) is 0 Å². The summed E-state index contributed by atoms with van der Waals surface area (Å²) in [5.41, 5.74) is 0.104. The zero-order valence-corrected chi connectivity index (χ0v) is 11.1. The third-order valence-corrected chi connectivity index (χ3v) is 3.28. The summed E-state index contributed by atoms with van der Waals surface area (Å²) in [5, 5.41) is 6.76. The van der Waals surface area contributed by atoms with Gasteiger partial charge in [0.25, 0.3) is 0 Å². The molecular weight excluding hydrogens is 200 g/mol. The summed E-state index contributed by atoms with van der Waals surface area (Å²) in [6, 6.07) is 0.627. The van der Waals surface area contributed by atoms with Crippen molar-refractivity contribution in [1.29, 1.82) is 0 Å². The molecule has 0 aromatic carbocycles. The van der Waals surface area contributed by atoms with Gasteiger partial charge in [0, 0.05) is 25.7 Å². The van der Waals surface area contributed by atoms with Gasteiger partial charge in [-0.25, -0.2) is 0 Å². The van der Waals surface area contributed by atoms with Gasteiger partial charge in [-0.3, -0.25) is 0 Å². The smallest absolute Gasteiger partial charge is 0.0902 e. The molecule has 1 aliphatic heterocycles. The second-order valence-electron chi connectivity index (χ2n) is 5.25. The average molecular weight is 228 g/mol. The molecule has 3 nitrogen and oxygen atoms in total. The Morgan fingerprint density at radius 2 is 2.12 bits per heavy atom. The maximum atomic E-state index is 5.82. The fraction of sp³-hybridized carbons (Fsp3) is 1.00. The van der Waals surface area contributed by atoms with Gasteiger partial charge in [-0.15, -0.1) is 0 Å². The minimum atomic E-state index is 0.104. The SMILES string of the molecule is CCCCCC(C)NCCOC1(C)CNC1. The lowest BCUT2D eigenvalue weighted by Gasteiger charge is -2.39. The van der Waals surface area contributed by atoms with Crippen LogP contribution in [0.3, 0.4) is 0 Å². The maximum Gasteiger partial charge on any atom is 0.0902 e. The predicted molar refractivity (Wildman–Crippen MR) is 68.8 cm³/mol. The molecule has 0 bridgehead atoms. The molecule has 96 valence electrons. The first kappa shape index (κ1) is 13.9. The molecule has 0 spiro atoms. The van der Waals surface area contributed by atoms with Crippen LogP contribution in [0.5, 0.6) is 0 Å². The number of rotatable bonds is 9. The zero-order valence-electron chi connectivity index (χ0n) is 11.1. The molecule has 3 heteroatoms. The highest BCUT2D eigenvalue weighted by atomic mass is 16.5. The molecule has 2 N–H and O–H groups in total. The summed E-state index contributed by atoms with van der Waals surface area (Å²) in [6.45, 7) is 10.5. The van der Waals surface area contributed by atoms with Crippen molar-refractivity contribution in [3.63, 3.8) is 0 Å². The van der Waals surface area contributed by atoms with Crippen LogP contribution >= 0.6 is 0 Å². The number of hydrogen-bond acceptors (Lipinski definition) is 3. The summed E-state index contributed by atoms with van der Waals surface area (Å²) in [4.78, 5) is 0. The van der Waals surface area contributed by atoms with Gasteiger partial charge in [0.05, 0.1) is 12.2 Å². The second-order valence-corrected chi connectivity index (χ2v) is 5.25. The quantitative estimate of drug-likeness (QED) is 0.592. The van der Waals surface area contributed by atoms with Crippen LogP contribution < -0.4 is 10.6 Å². The van der Waals surface area contributed by atoms with Crippen LogP contribution in [-0.2, 0) is 4.74 Å². The van der Waals surface area contributed by atoms with E-state index >= 15 is 0 Å². The maximum absolute atomic E-state index is 5.82. The first-order valence-electron chi connectivity index (χ1n) is 6.74. The Bertz CT molecular complexity index is 181. The van der Waals surface area contributed by atoms with E-state index in [4.69, 9.17) is 4.74 Å². The van der Waals surface area contributed by atoms with E-state index in [-0.39, 0.29) is 5.60 Å². The first-order chi connectivity index (χ1) is 7.66. The molecule has 0 aromatic heterocycles. The van der Waals surface area contributed by atoms with Crippen LogP contribution in [-0.4, -0.2) is 37.9 Å². The topological polar surface area (TPSA) is 33.3 Å². The number of unbranched alkanes of at least 4 members (excludes halogenated alkanes) is 2. The molecule has 0 radical (unpaired) electrons. The van der Waals surface area contributed by atoms with Crippen molar-refractivity contribution in [2.24, 2.45) is 0 Å². The average Bonchev–Trinajstić information content (AvgIpc) is 2.22. The van der Waals surface area contributed by atoms with E-state index in [2.05, 4.69) is 31.4 Å². The number of ether oxygens (including phenoxy) is 1. The van der Waals surface area contributed by atoms with Crippen molar-refractivity contribution in [2.45, 2.75) is 58.1 Å². The van der Waals surface area contributed by atoms with Crippen molar-refractivity contribution in [3.8, 4) is 0 Å². The molecule has 16 heavy (non-hydrogen) atoms. The minimum absolute atomic E-state index is 0.104. The van der Waals surface area contributed by atoms with Crippen LogP contribution in [0.15, 0.2) is 0 Å². The second kappa shape index (κ2) is 7.25. The van der Waals surface area contributed by atoms with E-state index in [1.165, 1.54) is 25.7 Å². The van der Waals surface area contributed by atoms with Crippen LogP contribution in [0, 0.1) is 0 Å². The molecule has 1 atom stereocenters. The van der Waals surface area contributed by atoms with E-state index in [1.54, 1.807) is 0 Å². The van der Waals surface area contributed by atoms with Gasteiger partial charge in [0.2, 0.25) is 0 Å². The molecule has 0 amide bonds. The van der Waals surface area contributed by atoms with E-state index in [0.717, 1.165) is 26.2 Å². The molecule has 0 aliphatic carbocycles. The Morgan fingerprint density at radius 1 is 1.38 bits per heavy atom. The van der Waals surface area contributed by atoms with Crippen LogP contribution in [0.25, 0.3) is 0 Å². The van der Waals surface area contributed by atoms with Gasteiger partial charge in [0.1, 0.15) is 0 Å². The normalized spacial score (nSPS) is 20.4. The molecule has 0 saturated carbocycles. The fourth-order valence-electron chi connectivity index (χ4n) is 1.98. The van der Waals surface area contributed by atoms with E-state index in [1.807, 2.05) is 0 Å². The molecule has 1 saturated heterocycles. The largest absolute Gasteiger partial charge is 0.371 e. The van der Waals surface area contributed by atoms with Crippen molar-refractivity contribution in [3.05, 3.63) is 0 Å². The Labute approximate surface area is 100 Å². The highest BCUT2D eigenvalue weighted by Crippen LogP contribution is 2.14.